The number of benzene rings is 2. The van der Waals surface area contributed by atoms with Gasteiger partial charge in [0.15, 0.2) is 0 Å². The van der Waals surface area contributed by atoms with Crippen LogP contribution in [-0.4, -0.2) is 62.1 Å². The highest BCUT2D eigenvalue weighted by atomic mass is 35.5. The Kier molecular flexibility index (Phi) is 7.67. The van der Waals surface area contributed by atoms with Gasteiger partial charge in [0.05, 0.1) is 48.0 Å². The SMILES string of the molecule is CCC(O)(c1cc(F)c2c(c1)C(=O)N(Cc1ncc(N)cn1)[C@@]2(OC1CC(O)C1)c1ccc(Cl)cc1)C1(F)CCOCC1. The maximum absolute atomic E-state index is 16.7. The second kappa shape index (κ2) is 11.0. The average Bonchev–Trinajstić information content (AvgIpc) is 3.21. The molecule has 2 aromatic carbocycles. The van der Waals surface area contributed by atoms with E-state index in [0.29, 0.717) is 16.3 Å². The van der Waals surface area contributed by atoms with Crippen molar-refractivity contribution in [3.8, 4) is 0 Å². The monoisotopic (exact) mass is 614 g/mol. The molecule has 228 valence electrons. The Hall–Kier alpha value is -3.22. The molecule has 2 fully saturated rings. The van der Waals surface area contributed by atoms with Crippen LogP contribution in [0.1, 0.15) is 71.9 Å². The Morgan fingerprint density at radius 2 is 1.84 bits per heavy atom. The summed E-state index contributed by atoms with van der Waals surface area (Å²) in [6, 6.07) is 8.97. The van der Waals surface area contributed by atoms with Crippen molar-refractivity contribution in [3.63, 3.8) is 0 Å². The first kappa shape index (κ1) is 29.8. The Bertz CT molecular complexity index is 1520. The van der Waals surface area contributed by atoms with Gasteiger partial charge in [-0.05, 0) is 49.1 Å². The molecule has 1 amide bonds. The standard InChI is InChI=1S/C31H33ClF2N4O5/c1-2-30(41,29(34)7-9-42-10-8-29)19-11-24-27(25(33)12-19)31(43-23-13-22(39)14-23,18-3-5-20(32)6-4-18)38(28(24)40)17-26-36-15-21(35)16-37-26/h3-6,11-12,15-16,22-23,39,41H,2,7-10,13-14,17,35H2,1H3/t22?,23?,30?,31-/m1/s1. The van der Waals surface area contributed by atoms with Gasteiger partial charge in [-0.25, -0.2) is 18.7 Å². The molecule has 0 bridgehead atoms. The first-order valence-electron chi connectivity index (χ1n) is 14.3. The maximum Gasteiger partial charge on any atom is 0.257 e. The zero-order chi connectivity index (χ0) is 30.6. The van der Waals surface area contributed by atoms with Crippen LogP contribution in [-0.2, 0) is 27.3 Å². The van der Waals surface area contributed by atoms with Gasteiger partial charge in [-0.3, -0.25) is 9.69 Å². The number of carbonyl (C=O) groups is 1. The second-order valence-corrected chi connectivity index (χ2v) is 11.9. The zero-order valence-corrected chi connectivity index (χ0v) is 24.4. The lowest BCUT2D eigenvalue weighted by molar-refractivity contribution is -0.191. The van der Waals surface area contributed by atoms with E-state index in [0.717, 1.165) is 6.07 Å². The van der Waals surface area contributed by atoms with Crippen LogP contribution in [0.2, 0.25) is 5.02 Å². The number of carbonyl (C=O) groups excluding carboxylic acids is 1. The molecule has 0 radical (unpaired) electrons. The number of aliphatic hydroxyl groups excluding tert-OH is 1. The third-order valence-corrected chi connectivity index (χ3v) is 9.22. The van der Waals surface area contributed by atoms with E-state index in [2.05, 4.69) is 9.97 Å². The number of rotatable bonds is 8. The van der Waals surface area contributed by atoms with Crippen LogP contribution in [0.3, 0.4) is 0 Å². The number of hydrogen-bond donors (Lipinski definition) is 3. The summed E-state index contributed by atoms with van der Waals surface area (Å²) in [4.78, 5) is 24.2. The Morgan fingerprint density at radius 1 is 1.19 bits per heavy atom. The van der Waals surface area contributed by atoms with Crippen molar-refractivity contribution in [3.05, 3.63) is 87.7 Å². The molecule has 4 N–H and O–H groups in total. The number of nitrogens with two attached hydrogens (primary N) is 1. The number of ether oxygens (including phenoxy) is 2. The van der Waals surface area contributed by atoms with Gasteiger partial charge in [-0.15, -0.1) is 0 Å². The van der Waals surface area contributed by atoms with Gasteiger partial charge in [0.1, 0.15) is 22.9 Å². The Labute approximate surface area is 252 Å². The molecule has 1 saturated carbocycles. The van der Waals surface area contributed by atoms with Crippen LogP contribution in [0.5, 0.6) is 0 Å². The fourth-order valence-electron chi connectivity index (χ4n) is 6.48. The van der Waals surface area contributed by atoms with Gasteiger partial charge in [0, 0.05) is 36.6 Å². The van der Waals surface area contributed by atoms with E-state index in [1.54, 1.807) is 31.2 Å². The van der Waals surface area contributed by atoms with Crippen LogP contribution in [0, 0.1) is 5.82 Å². The van der Waals surface area contributed by atoms with Gasteiger partial charge in [0.25, 0.3) is 5.91 Å². The molecular formula is C31H33ClF2N4O5. The molecule has 3 heterocycles. The molecule has 1 aromatic heterocycles. The number of fused-ring (bicyclic) bond motifs is 1. The van der Waals surface area contributed by atoms with Gasteiger partial charge in [-0.2, -0.15) is 0 Å². The number of nitrogens with zero attached hydrogens (tertiary/aromatic N) is 3. The van der Waals surface area contributed by atoms with Gasteiger partial charge in [-0.1, -0.05) is 30.7 Å². The highest BCUT2D eigenvalue weighted by molar-refractivity contribution is 6.30. The number of amides is 1. The number of anilines is 1. The van der Waals surface area contributed by atoms with Crippen molar-refractivity contribution < 1.29 is 33.3 Å². The smallest absolute Gasteiger partial charge is 0.257 e. The van der Waals surface area contributed by atoms with Crippen molar-refractivity contribution in [2.24, 2.45) is 0 Å². The summed E-state index contributed by atoms with van der Waals surface area (Å²) in [5.74, 6) is -1.25. The predicted octanol–water partition coefficient (Wildman–Crippen LogP) is 4.36. The number of aromatic nitrogens is 2. The maximum atomic E-state index is 16.7. The fourth-order valence-corrected chi connectivity index (χ4v) is 6.61. The van der Waals surface area contributed by atoms with E-state index < -0.39 is 40.9 Å². The largest absolute Gasteiger partial charge is 0.396 e. The van der Waals surface area contributed by atoms with Crippen LogP contribution < -0.4 is 5.73 Å². The Morgan fingerprint density at radius 3 is 2.44 bits per heavy atom. The molecule has 12 heteroatoms. The zero-order valence-electron chi connectivity index (χ0n) is 23.6. The molecular weight excluding hydrogens is 582 g/mol. The summed E-state index contributed by atoms with van der Waals surface area (Å²) < 4.78 is 45.0. The van der Waals surface area contributed by atoms with E-state index in [9.17, 15) is 15.0 Å². The summed E-state index contributed by atoms with van der Waals surface area (Å²) in [5.41, 5.74) is 0.316. The molecule has 1 unspecified atom stereocenters. The van der Waals surface area contributed by atoms with E-state index in [1.807, 2.05) is 0 Å². The number of halogens is 3. The molecule has 3 aromatic rings. The van der Waals surface area contributed by atoms with E-state index >= 15 is 8.78 Å². The van der Waals surface area contributed by atoms with Crippen molar-refractivity contribution >= 4 is 23.2 Å². The van der Waals surface area contributed by atoms with Crippen molar-refractivity contribution in [1.29, 1.82) is 0 Å². The molecule has 3 aliphatic rings. The third-order valence-electron chi connectivity index (χ3n) is 8.97. The quantitative estimate of drug-likeness (QED) is 0.341. The summed E-state index contributed by atoms with van der Waals surface area (Å²) in [5, 5.41) is 22.3. The minimum atomic E-state index is -2.09. The molecule has 1 aliphatic carbocycles. The normalized spacial score (nSPS) is 26.1. The molecule has 0 spiro atoms. The van der Waals surface area contributed by atoms with Gasteiger partial charge >= 0.3 is 0 Å². The highest BCUT2D eigenvalue weighted by Gasteiger charge is 2.58. The van der Waals surface area contributed by atoms with E-state index in [4.69, 9.17) is 26.8 Å². The molecule has 2 aliphatic heterocycles. The number of aliphatic hydroxyl groups is 2. The predicted molar refractivity (Wildman–Crippen MR) is 153 cm³/mol. The first-order chi connectivity index (χ1) is 20.5. The number of nitrogen functional groups attached to an aromatic ring is 1. The minimum absolute atomic E-state index is 0.0429. The van der Waals surface area contributed by atoms with Crippen LogP contribution in [0.25, 0.3) is 0 Å². The average molecular weight is 615 g/mol. The van der Waals surface area contributed by atoms with E-state index in [1.165, 1.54) is 23.4 Å². The van der Waals surface area contributed by atoms with Crippen molar-refractivity contribution in [2.75, 3.05) is 18.9 Å². The minimum Gasteiger partial charge on any atom is -0.396 e. The summed E-state index contributed by atoms with van der Waals surface area (Å²) in [7, 11) is 0. The van der Waals surface area contributed by atoms with Crippen LogP contribution in [0.15, 0.2) is 48.8 Å². The Balaban J connectivity index is 1.56. The third kappa shape index (κ3) is 4.87. The van der Waals surface area contributed by atoms with Crippen LogP contribution in [0.4, 0.5) is 14.5 Å². The fraction of sp³-hybridized carbons (Fsp3) is 0.452. The van der Waals surface area contributed by atoms with Crippen LogP contribution >= 0.6 is 11.6 Å². The molecule has 2 atom stereocenters. The first-order valence-corrected chi connectivity index (χ1v) is 14.7. The highest BCUT2D eigenvalue weighted by Crippen LogP contribution is 2.52. The number of hydrogen-bond acceptors (Lipinski definition) is 8. The molecule has 9 nitrogen and oxygen atoms in total. The lowest BCUT2D eigenvalue weighted by Gasteiger charge is -2.45. The lowest BCUT2D eigenvalue weighted by atomic mass is 9.72. The summed E-state index contributed by atoms with van der Waals surface area (Å²) >= 11 is 6.21. The summed E-state index contributed by atoms with van der Waals surface area (Å²) in [6.45, 7) is 1.66. The second-order valence-electron chi connectivity index (χ2n) is 11.5. The van der Waals surface area contributed by atoms with Crippen molar-refractivity contribution in [2.45, 2.75) is 74.8 Å². The summed E-state index contributed by atoms with van der Waals surface area (Å²) in [6.07, 6.45) is 2.05. The topological polar surface area (TPSA) is 131 Å². The van der Waals surface area contributed by atoms with Crippen molar-refractivity contribution in [1.82, 2.24) is 14.9 Å². The molecule has 43 heavy (non-hydrogen) atoms. The van der Waals surface area contributed by atoms with Gasteiger partial charge in [0.2, 0.25) is 5.72 Å². The molecule has 1 saturated heterocycles. The lowest BCUT2D eigenvalue weighted by Crippen LogP contribution is -2.52. The number of alkyl halides is 1. The van der Waals surface area contributed by atoms with E-state index in [-0.39, 0.29) is 74.4 Å². The van der Waals surface area contributed by atoms with Gasteiger partial charge < -0.3 is 25.4 Å². The molecule has 6 rings (SSSR count).